The summed E-state index contributed by atoms with van der Waals surface area (Å²) >= 11 is 0. The third kappa shape index (κ3) is 4.74. The van der Waals surface area contributed by atoms with Crippen LogP contribution in [0.15, 0.2) is 6.33 Å². The quantitative estimate of drug-likeness (QED) is 0.720. The van der Waals surface area contributed by atoms with E-state index in [1.54, 1.807) is 6.33 Å². The lowest BCUT2D eigenvalue weighted by molar-refractivity contribution is 0.289. The minimum absolute atomic E-state index is 0.172. The summed E-state index contributed by atoms with van der Waals surface area (Å²) in [7, 11) is 0. The van der Waals surface area contributed by atoms with Crippen LogP contribution in [0.3, 0.4) is 0 Å². The Kier molecular flexibility index (Phi) is 6.90. The van der Waals surface area contributed by atoms with Gasteiger partial charge in [-0.05, 0) is 32.5 Å². The Hall–Kier alpha value is -0.940. The van der Waals surface area contributed by atoms with Gasteiger partial charge in [-0.3, -0.25) is 4.68 Å². The number of aromatic nitrogens is 3. The molecule has 0 aliphatic rings. The average Bonchev–Trinajstić information content (AvgIpc) is 2.78. The van der Waals surface area contributed by atoms with Crippen molar-refractivity contribution in [2.24, 2.45) is 5.73 Å². The second kappa shape index (κ2) is 8.21. The maximum absolute atomic E-state index is 6.18. The number of nitrogens with two attached hydrogens (primary N) is 1. The molecule has 5 heteroatoms. The summed E-state index contributed by atoms with van der Waals surface area (Å²) in [6.45, 7) is 10.7. The van der Waals surface area contributed by atoms with Crippen molar-refractivity contribution in [3.05, 3.63) is 12.2 Å². The van der Waals surface area contributed by atoms with Crippen LogP contribution in [0.5, 0.6) is 0 Å². The van der Waals surface area contributed by atoms with E-state index >= 15 is 0 Å². The molecule has 1 rings (SSSR count). The molecule has 18 heavy (non-hydrogen) atoms. The van der Waals surface area contributed by atoms with E-state index in [1.807, 2.05) is 4.68 Å². The van der Waals surface area contributed by atoms with Crippen LogP contribution in [-0.2, 0) is 13.0 Å². The van der Waals surface area contributed by atoms with Gasteiger partial charge in [-0.25, -0.2) is 4.98 Å². The third-order valence-electron chi connectivity index (χ3n) is 3.29. The molecule has 0 saturated heterocycles. The molecule has 1 unspecified atom stereocenters. The molecule has 0 aliphatic heterocycles. The molecule has 0 radical (unpaired) electrons. The van der Waals surface area contributed by atoms with Crippen molar-refractivity contribution in [3.63, 3.8) is 0 Å². The fourth-order valence-electron chi connectivity index (χ4n) is 2.07. The molecule has 0 fully saturated rings. The molecule has 1 aromatic heterocycles. The lowest BCUT2D eigenvalue weighted by Crippen LogP contribution is -2.32. The van der Waals surface area contributed by atoms with Crippen LogP contribution in [0.4, 0.5) is 0 Å². The van der Waals surface area contributed by atoms with Gasteiger partial charge in [-0.15, -0.1) is 0 Å². The Morgan fingerprint density at radius 3 is 2.67 bits per heavy atom. The van der Waals surface area contributed by atoms with Gasteiger partial charge in [0, 0.05) is 19.0 Å². The van der Waals surface area contributed by atoms with Crippen LogP contribution in [0.1, 0.15) is 39.4 Å². The smallest absolute Gasteiger partial charge is 0.138 e. The first kappa shape index (κ1) is 15.1. The van der Waals surface area contributed by atoms with Gasteiger partial charge < -0.3 is 10.6 Å². The summed E-state index contributed by atoms with van der Waals surface area (Å²) in [6.07, 6.45) is 4.54. The molecule has 104 valence electrons. The zero-order valence-electron chi connectivity index (χ0n) is 12.0. The molecular weight excluding hydrogens is 226 g/mol. The van der Waals surface area contributed by atoms with E-state index in [2.05, 4.69) is 35.8 Å². The van der Waals surface area contributed by atoms with Crippen LogP contribution in [0.25, 0.3) is 0 Å². The van der Waals surface area contributed by atoms with Gasteiger partial charge >= 0.3 is 0 Å². The summed E-state index contributed by atoms with van der Waals surface area (Å²) in [5, 5.41) is 4.23. The Labute approximate surface area is 110 Å². The predicted molar refractivity (Wildman–Crippen MR) is 74.4 cm³/mol. The van der Waals surface area contributed by atoms with Crippen LogP contribution < -0.4 is 5.73 Å². The number of aryl methyl sites for hydroxylation is 1. The van der Waals surface area contributed by atoms with Crippen molar-refractivity contribution in [2.75, 3.05) is 19.6 Å². The van der Waals surface area contributed by atoms with Gasteiger partial charge in [-0.1, -0.05) is 20.8 Å². The first-order valence-corrected chi connectivity index (χ1v) is 7.05. The first-order valence-electron chi connectivity index (χ1n) is 7.05. The van der Waals surface area contributed by atoms with Crippen LogP contribution in [-0.4, -0.2) is 45.3 Å². The molecule has 0 saturated carbocycles. The summed E-state index contributed by atoms with van der Waals surface area (Å²) in [6, 6.07) is 0.172. The van der Waals surface area contributed by atoms with E-state index in [4.69, 9.17) is 5.73 Å². The maximum Gasteiger partial charge on any atom is 0.138 e. The minimum Gasteiger partial charge on any atom is -0.327 e. The fraction of sp³-hybridized carbons (Fsp3) is 0.846. The molecule has 0 bridgehead atoms. The van der Waals surface area contributed by atoms with E-state index in [9.17, 15) is 0 Å². The summed E-state index contributed by atoms with van der Waals surface area (Å²) in [4.78, 5) is 6.70. The molecule has 1 aromatic rings. The van der Waals surface area contributed by atoms with Gasteiger partial charge in [0.05, 0.1) is 0 Å². The van der Waals surface area contributed by atoms with E-state index in [0.717, 1.165) is 51.3 Å². The molecule has 1 atom stereocenters. The van der Waals surface area contributed by atoms with Crippen molar-refractivity contribution < 1.29 is 0 Å². The molecule has 5 nitrogen and oxygen atoms in total. The Balaban J connectivity index is 2.39. The van der Waals surface area contributed by atoms with E-state index in [1.165, 1.54) is 0 Å². The third-order valence-corrected chi connectivity index (χ3v) is 3.29. The molecule has 1 heterocycles. The molecule has 0 aromatic carbocycles. The Morgan fingerprint density at radius 1 is 1.33 bits per heavy atom. The summed E-state index contributed by atoms with van der Waals surface area (Å²) in [5.74, 6) is 1.02. The number of rotatable bonds is 9. The highest BCUT2D eigenvalue weighted by Gasteiger charge is 2.11. The molecular formula is C13H27N5. The maximum atomic E-state index is 6.18. The van der Waals surface area contributed by atoms with Crippen molar-refractivity contribution in [1.82, 2.24) is 19.7 Å². The van der Waals surface area contributed by atoms with Gasteiger partial charge in [0.15, 0.2) is 0 Å². The van der Waals surface area contributed by atoms with Crippen LogP contribution in [0.2, 0.25) is 0 Å². The van der Waals surface area contributed by atoms with E-state index in [-0.39, 0.29) is 6.04 Å². The van der Waals surface area contributed by atoms with Crippen LogP contribution in [0, 0.1) is 0 Å². The average molecular weight is 253 g/mol. The highest BCUT2D eigenvalue weighted by molar-refractivity contribution is 4.89. The second-order valence-electron chi connectivity index (χ2n) is 4.68. The molecule has 0 spiro atoms. The Morgan fingerprint density at radius 2 is 2.06 bits per heavy atom. The van der Waals surface area contributed by atoms with Crippen molar-refractivity contribution >= 4 is 0 Å². The van der Waals surface area contributed by atoms with Crippen LogP contribution >= 0.6 is 0 Å². The number of hydrogen-bond acceptors (Lipinski definition) is 4. The second-order valence-corrected chi connectivity index (χ2v) is 4.68. The zero-order valence-corrected chi connectivity index (χ0v) is 12.0. The van der Waals surface area contributed by atoms with Gasteiger partial charge in [-0.2, -0.15) is 5.10 Å². The van der Waals surface area contributed by atoms with Gasteiger partial charge in [0.2, 0.25) is 0 Å². The largest absolute Gasteiger partial charge is 0.327 e. The zero-order chi connectivity index (χ0) is 13.4. The van der Waals surface area contributed by atoms with E-state index in [0.29, 0.717) is 0 Å². The summed E-state index contributed by atoms with van der Waals surface area (Å²) in [5.41, 5.74) is 6.18. The topological polar surface area (TPSA) is 60.0 Å². The van der Waals surface area contributed by atoms with Gasteiger partial charge in [0.25, 0.3) is 0 Å². The number of nitrogens with zero attached hydrogens (tertiary/aromatic N) is 4. The monoisotopic (exact) mass is 253 g/mol. The van der Waals surface area contributed by atoms with Gasteiger partial charge in [0.1, 0.15) is 12.2 Å². The lowest BCUT2D eigenvalue weighted by atomic mass is 10.1. The molecule has 0 amide bonds. The molecule has 0 aliphatic carbocycles. The fourth-order valence-corrected chi connectivity index (χ4v) is 2.07. The highest BCUT2D eigenvalue weighted by atomic mass is 15.3. The number of hydrogen-bond donors (Lipinski definition) is 1. The lowest BCUT2D eigenvalue weighted by Gasteiger charge is -2.20. The predicted octanol–water partition coefficient (Wildman–Crippen LogP) is 1.29. The van der Waals surface area contributed by atoms with Crippen molar-refractivity contribution in [2.45, 2.75) is 52.6 Å². The SMILES string of the molecule is CCCn1ncnc1CC(N)CCN(CC)CC. The highest BCUT2D eigenvalue weighted by Crippen LogP contribution is 2.03. The van der Waals surface area contributed by atoms with Crippen molar-refractivity contribution in [3.8, 4) is 0 Å². The molecule has 2 N–H and O–H groups in total. The first-order chi connectivity index (χ1) is 8.71. The normalized spacial score (nSPS) is 13.2. The standard InChI is InChI=1S/C13H27N5/c1-4-8-18-13(15-11-16-18)10-12(14)7-9-17(5-2)6-3/h11-12H,4-10,14H2,1-3H3. The Bertz CT molecular complexity index is 319. The summed E-state index contributed by atoms with van der Waals surface area (Å²) < 4.78 is 1.97. The minimum atomic E-state index is 0.172. The van der Waals surface area contributed by atoms with Crippen molar-refractivity contribution in [1.29, 1.82) is 0 Å². The van der Waals surface area contributed by atoms with E-state index < -0.39 is 0 Å².